The molecule has 0 fully saturated rings. The van der Waals surface area contributed by atoms with Crippen LogP contribution in [0.1, 0.15) is 26.7 Å². The van der Waals surface area contributed by atoms with Crippen LogP contribution >= 0.6 is 0 Å². The van der Waals surface area contributed by atoms with E-state index in [9.17, 15) is 13.2 Å². The first-order chi connectivity index (χ1) is 8.36. The molecule has 0 atom stereocenters. The van der Waals surface area contributed by atoms with Crippen LogP contribution in [0.2, 0.25) is 0 Å². The van der Waals surface area contributed by atoms with Gasteiger partial charge >= 0.3 is 0 Å². The van der Waals surface area contributed by atoms with Gasteiger partial charge < -0.3 is 11.1 Å². The van der Waals surface area contributed by atoms with Gasteiger partial charge in [-0.1, -0.05) is 13.3 Å². The van der Waals surface area contributed by atoms with Crippen LogP contribution in [0.4, 0.5) is 11.4 Å². The summed E-state index contributed by atoms with van der Waals surface area (Å²) in [6.07, 6.45) is 1.39. The molecule has 100 valence electrons. The van der Waals surface area contributed by atoms with Crippen LogP contribution in [0, 0.1) is 0 Å². The highest BCUT2D eigenvalue weighted by molar-refractivity contribution is 7.91. The molecular formula is C12H18N2O3S. The Hall–Kier alpha value is -1.56. The number of hydrogen-bond donors (Lipinski definition) is 2. The Morgan fingerprint density at radius 3 is 2.61 bits per heavy atom. The molecule has 1 aromatic rings. The second kappa shape index (κ2) is 5.86. The van der Waals surface area contributed by atoms with Crippen molar-refractivity contribution in [2.45, 2.75) is 31.6 Å². The SMILES string of the molecule is CCCCS(=O)(=O)c1cc(NC(C)=O)ccc1N. The number of nitrogen functional groups attached to an aromatic ring is 1. The number of anilines is 2. The number of amides is 1. The minimum Gasteiger partial charge on any atom is -0.398 e. The Labute approximate surface area is 107 Å². The first kappa shape index (κ1) is 14.5. The molecule has 0 aromatic heterocycles. The standard InChI is InChI=1S/C12H18N2O3S/c1-3-4-7-18(16,17)12-8-10(14-9(2)15)5-6-11(12)13/h5-6,8H,3-4,7,13H2,1-2H3,(H,14,15). The van der Waals surface area contributed by atoms with Gasteiger partial charge in [-0.3, -0.25) is 4.79 Å². The molecule has 6 heteroatoms. The normalized spacial score (nSPS) is 11.2. The summed E-state index contributed by atoms with van der Waals surface area (Å²) in [4.78, 5) is 11.0. The minimum atomic E-state index is -3.39. The zero-order valence-corrected chi connectivity index (χ0v) is 11.4. The molecule has 0 saturated heterocycles. The fraction of sp³-hybridized carbons (Fsp3) is 0.417. The van der Waals surface area contributed by atoms with Crippen molar-refractivity contribution in [2.75, 3.05) is 16.8 Å². The fourth-order valence-electron chi connectivity index (χ4n) is 1.53. The van der Waals surface area contributed by atoms with Crippen molar-refractivity contribution in [3.63, 3.8) is 0 Å². The van der Waals surface area contributed by atoms with Crippen LogP contribution in [0.15, 0.2) is 23.1 Å². The van der Waals surface area contributed by atoms with E-state index in [1.165, 1.54) is 19.1 Å². The van der Waals surface area contributed by atoms with E-state index in [4.69, 9.17) is 5.73 Å². The highest BCUT2D eigenvalue weighted by Gasteiger charge is 2.17. The van der Waals surface area contributed by atoms with Gasteiger partial charge in [-0.05, 0) is 24.6 Å². The average Bonchev–Trinajstić information content (AvgIpc) is 2.28. The van der Waals surface area contributed by atoms with E-state index < -0.39 is 9.84 Å². The van der Waals surface area contributed by atoms with E-state index in [0.29, 0.717) is 12.1 Å². The Kier molecular flexibility index (Phi) is 4.72. The molecule has 18 heavy (non-hydrogen) atoms. The maximum Gasteiger partial charge on any atom is 0.221 e. The van der Waals surface area contributed by atoms with Gasteiger partial charge in [-0.15, -0.1) is 0 Å². The number of sulfone groups is 1. The number of benzene rings is 1. The summed E-state index contributed by atoms with van der Waals surface area (Å²) in [5, 5.41) is 2.54. The Morgan fingerprint density at radius 2 is 2.06 bits per heavy atom. The van der Waals surface area contributed by atoms with Gasteiger partial charge in [0, 0.05) is 12.6 Å². The average molecular weight is 270 g/mol. The lowest BCUT2D eigenvalue weighted by Gasteiger charge is -2.09. The van der Waals surface area contributed by atoms with Crippen LogP contribution in [0.25, 0.3) is 0 Å². The van der Waals surface area contributed by atoms with E-state index in [1.807, 2.05) is 6.92 Å². The van der Waals surface area contributed by atoms with Gasteiger partial charge in [0.25, 0.3) is 0 Å². The summed E-state index contributed by atoms with van der Waals surface area (Å²) >= 11 is 0. The topological polar surface area (TPSA) is 89.3 Å². The van der Waals surface area contributed by atoms with Crippen LogP contribution in [0.5, 0.6) is 0 Å². The van der Waals surface area contributed by atoms with E-state index in [1.54, 1.807) is 6.07 Å². The largest absolute Gasteiger partial charge is 0.398 e. The van der Waals surface area contributed by atoms with Gasteiger partial charge in [-0.25, -0.2) is 8.42 Å². The summed E-state index contributed by atoms with van der Waals surface area (Å²) in [7, 11) is -3.39. The van der Waals surface area contributed by atoms with Crippen molar-refractivity contribution >= 4 is 27.1 Å². The first-order valence-electron chi connectivity index (χ1n) is 5.76. The highest BCUT2D eigenvalue weighted by atomic mass is 32.2. The van der Waals surface area contributed by atoms with Gasteiger partial charge in [0.15, 0.2) is 9.84 Å². The third-order valence-corrected chi connectivity index (χ3v) is 4.29. The van der Waals surface area contributed by atoms with Crippen molar-refractivity contribution in [1.29, 1.82) is 0 Å². The molecule has 0 aliphatic carbocycles. The third-order valence-electron chi connectivity index (χ3n) is 2.44. The molecular weight excluding hydrogens is 252 g/mol. The monoisotopic (exact) mass is 270 g/mol. The molecule has 1 aromatic carbocycles. The van der Waals surface area contributed by atoms with E-state index in [0.717, 1.165) is 6.42 Å². The summed E-state index contributed by atoms with van der Waals surface area (Å²) in [6.45, 7) is 3.29. The predicted molar refractivity (Wildman–Crippen MR) is 72.1 cm³/mol. The lowest BCUT2D eigenvalue weighted by molar-refractivity contribution is -0.114. The molecule has 0 aliphatic rings. The van der Waals surface area contributed by atoms with Crippen LogP contribution in [-0.2, 0) is 14.6 Å². The first-order valence-corrected chi connectivity index (χ1v) is 7.42. The second-order valence-corrected chi connectivity index (χ2v) is 6.18. The molecule has 0 aliphatic heterocycles. The van der Waals surface area contributed by atoms with Crippen molar-refractivity contribution in [1.82, 2.24) is 0 Å². The molecule has 0 saturated carbocycles. The number of nitrogens with two attached hydrogens (primary N) is 1. The Balaban J connectivity index is 3.11. The number of rotatable bonds is 5. The third kappa shape index (κ3) is 3.73. The van der Waals surface area contributed by atoms with E-state index in [-0.39, 0.29) is 22.2 Å². The molecule has 1 rings (SSSR count). The summed E-state index contributed by atoms with van der Waals surface area (Å²) in [6, 6.07) is 4.47. The van der Waals surface area contributed by atoms with Crippen LogP contribution < -0.4 is 11.1 Å². The van der Waals surface area contributed by atoms with Gasteiger partial charge in [0.2, 0.25) is 5.91 Å². The molecule has 0 bridgehead atoms. The summed E-state index contributed by atoms with van der Waals surface area (Å²) in [5.74, 6) is -0.186. The highest BCUT2D eigenvalue weighted by Crippen LogP contribution is 2.24. The maximum atomic E-state index is 12.1. The zero-order chi connectivity index (χ0) is 13.8. The fourth-order valence-corrected chi connectivity index (χ4v) is 3.15. The Morgan fingerprint density at radius 1 is 1.39 bits per heavy atom. The van der Waals surface area contributed by atoms with Gasteiger partial charge in [0.1, 0.15) is 0 Å². The number of carbonyl (C=O) groups is 1. The van der Waals surface area contributed by atoms with Gasteiger partial charge in [-0.2, -0.15) is 0 Å². The lowest BCUT2D eigenvalue weighted by Crippen LogP contribution is -2.11. The van der Waals surface area contributed by atoms with Gasteiger partial charge in [0.05, 0.1) is 16.3 Å². The molecule has 0 heterocycles. The number of carbonyl (C=O) groups excluding carboxylic acids is 1. The number of nitrogens with one attached hydrogen (secondary N) is 1. The Bertz CT molecular complexity index is 538. The number of unbranched alkanes of at least 4 members (excludes halogenated alkanes) is 1. The van der Waals surface area contributed by atoms with E-state index >= 15 is 0 Å². The quantitative estimate of drug-likeness (QED) is 0.798. The summed E-state index contributed by atoms with van der Waals surface area (Å²) in [5.41, 5.74) is 6.33. The maximum absolute atomic E-state index is 12.1. The molecule has 1 amide bonds. The minimum absolute atomic E-state index is 0.0667. The van der Waals surface area contributed by atoms with Crippen LogP contribution in [0.3, 0.4) is 0 Å². The van der Waals surface area contributed by atoms with Crippen LogP contribution in [-0.4, -0.2) is 20.1 Å². The number of hydrogen-bond acceptors (Lipinski definition) is 4. The van der Waals surface area contributed by atoms with Crippen molar-refractivity contribution in [3.8, 4) is 0 Å². The second-order valence-electron chi connectivity index (χ2n) is 4.11. The smallest absolute Gasteiger partial charge is 0.221 e. The molecule has 0 unspecified atom stereocenters. The van der Waals surface area contributed by atoms with Crippen molar-refractivity contribution < 1.29 is 13.2 Å². The molecule has 0 radical (unpaired) electrons. The summed E-state index contributed by atoms with van der Waals surface area (Å²) < 4.78 is 24.1. The van der Waals surface area contributed by atoms with E-state index in [2.05, 4.69) is 5.32 Å². The van der Waals surface area contributed by atoms with Crippen molar-refractivity contribution in [3.05, 3.63) is 18.2 Å². The lowest BCUT2D eigenvalue weighted by atomic mass is 10.3. The predicted octanol–water partition coefficient (Wildman–Crippen LogP) is 1.80. The molecule has 3 N–H and O–H groups in total. The molecule has 5 nitrogen and oxygen atoms in total. The van der Waals surface area contributed by atoms with Crippen molar-refractivity contribution in [2.24, 2.45) is 0 Å². The zero-order valence-electron chi connectivity index (χ0n) is 10.6. The molecule has 0 spiro atoms.